The Labute approximate surface area is 182 Å². The second-order valence-electron chi connectivity index (χ2n) is 6.99. The van der Waals surface area contributed by atoms with Gasteiger partial charge >= 0.3 is 0 Å². The van der Waals surface area contributed by atoms with Crippen LogP contribution in [0.5, 0.6) is 0 Å². The lowest BCUT2D eigenvalue weighted by molar-refractivity contribution is 0.579. The average molecular weight is 463 g/mol. The summed E-state index contributed by atoms with van der Waals surface area (Å²) >= 11 is 0. The van der Waals surface area contributed by atoms with Crippen molar-refractivity contribution in [3.05, 3.63) is 83.9 Å². The van der Waals surface area contributed by atoms with Gasteiger partial charge in [0.2, 0.25) is 19.9 Å². The van der Waals surface area contributed by atoms with E-state index in [1.165, 1.54) is 18.2 Å². The molecule has 6 nitrogen and oxygen atoms in total. The van der Waals surface area contributed by atoms with E-state index < -0.39 is 25.7 Å². The maximum absolute atomic E-state index is 13.2. The lowest BCUT2D eigenvalue weighted by Crippen LogP contribution is -2.27. The van der Waals surface area contributed by atoms with Crippen molar-refractivity contribution >= 4 is 19.9 Å². The molecule has 0 radical (unpaired) electrons. The number of nitrogens with one attached hydrogen (secondary N) is 1. The Hall–Kier alpha value is -2.62. The van der Waals surface area contributed by atoms with E-state index in [0.29, 0.717) is 24.8 Å². The number of aryl methyl sites for hydroxylation is 1. The van der Waals surface area contributed by atoms with E-state index in [1.807, 2.05) is 13.0 Å². The van der Waals surface area contributed by atoms with Gasteiger partial charge in [-0.15, -0.1) is 0 Å². The van der Waals surface area contributed by atoms with Crippen LogP contribution in [0, 0.1) is 5.82 Å². The lowest BCUT2D eigenvalue weighted by Gasteiger charge is -2.14. The predicted octanol–water partition coefficient (Wildman–Crippen LogP) is 3.53. The van der Waals surface area contributed by atoms with Gasteiger partial charge in [0.05, 0.1) is 14.7 Å². The van der Waals surface area contributed by atoms with Gasteiger partial charge in [0.25, 0.3) is 0 Å². The van der Waals surface area contributed by atoms with Crippen molar-refractivity contribution in [3.8, 4) is 0 Å². The van der Waals surface area contributed by atoms with Gasteiger partial charge in [0.15, 0.2) is 0 Å². The Morgan fingerprint density at radius 2 is 1.65 bits per heavy atom. The first kappa shape index (κ1) is 23.1. The molecule has 0 amide bonds. The largest absolute Gasteiger partial charge is 0.264 e. The van der Waals surface area contributed by atoms with Crippen LogP contribution >= 0.6 is 0 Å². The van der Waals surface area contributed by atoms with Crippen LogP contribution in [-0.4, -0.2) is 28.4 Å². The van der Waals surface area contributed by atoms with Crippen LogP contribution in [-0.2, 0) is 32.7 Å². The molecular weight excluding hydrogens is 439 g/mol. The molecule has 0 aliphatic rings. The number of sulfonamides is 1. The van der Waals surface area contributed by atoms with Gasteiger partial charge in [-0.05, 0) is 66.4 Å². The molecule has 0 bridgehead atoms. The number of rotatable bonds is 9. The van der Waals surface area contributed by atoms with Crippen molar-refractivity contribution in [2.24, 2.45) is 0 Å². The van der Waals surface area contributed by atoms with Gasteiger partial charge in [-0.1, -0.05) is 25.5 Å². The number of halogens is 1. The molecule has 0 atom stereocenters. The van der Waals surface area contributed by atoms with Crippen molar-refractivity contribution in [2.75, 3.05) is 6.54 Å². The van der Waals surface area contributed by atoms with Crippen LogP contribution in [0.4, 0.5) is 4.39 Å². The van der Waals surface area contributed by atoms with Gasteiger partial charge in [0.1, 0.15) is 5.82 Å². The maximum Gasteiger partial charge on any atom is 0.240 e. The monoisotopic (exact) mass is 462 g/mol. The normalized spacial score (nSPS) is 12.1. The summed E-state index contributed by atoms with van der Waals surface area (Å²) in [6, 6.07) is 12.1. The highest BCUT2D eigenvalue weighted by Gasteiger charge is 2.24. The first-order chi connectivity index (χ1) is 14.7. The molecule has 9 heteroatoms. The van der Waals surface area contributed by atoms with Gasteiger partial charge < -0.3 is 0 Å². The summed E-state index contributed by atoms with van der Waals surface area (Å²) in [5.41, 5.74) is 1.42. The molecule has 0 fully saturated rings. The van der Waals surface area contributed by atoms with Gasteiger partial charge in [-0.25, -0.2) is 25.9 Å². The zero-order valence-electron chi connectivity index (χ0n) is 17.0. The smallest absolute Gasteiger partial charge is 0.240 e. The fourth-order valence-corrected chi connectivity index (χ4v) is 5.82. The quantitative estimate of drug-likeness (QED) is 0.491. The number of benzene rings is 2. The van der Waals surface area contributed by atoms with Crippen LogP contribution in [0.25, 0.3) is 0 Å². The Morgan fingerprint density at radius 1 is 0.935 bits per heavy atom. The van der Waals surface area contributed by atoms with Crippen LogP contribution in [0.2, 0.25) is 0 Å². The van der Waals surface area contributed by atoms with Crippen molar-refractivity contribution in [2.45, 2.75) is 40.9 Å². The summed E-state index contributed by atoms with van der Waals surface area (Å²) in [6.45, 7) is 2.06. The van der Waals surface area contributed by atoms with Crippen molar-refractivity contribution in [1.29, 1.82) is 0 Å². The first-order valence-electron chi connectivity index (χ1n) is 9.76. The zero-order chi connectivity index (χ0) is 22.5. The third kappa shape index (κ3) is 5.55. The molecule has 0 saturated carbocycles. The fourth-order valence-electron chi connectivity index (χ4n) is 3.13. The average Bonchev–Trinajstić information content (AvgIpc) is 2.75. The molecule has 0 saturated heterocycles. The lowest BCUT2D eigenvalue weighted by atomic mass is 10.1. The number of aromatic nitrogens is 1. The number of sulfone groups is 1. The minimum absolute atomic E-state index is 0.0660. The predicted molar refractivity (Wildman–Crippen MR) is 115 cm³/mol. The molecule has 0 spiro atoms. The molecular formula is C22H23FN2O4S2. The minimum atomic E-state index is -4.00. The highest BCUT2D eigenvalue weighted by atomic mass is 32.2. The van der Waals surface area contributed by atoms with E-state index in [2.05, 4.69) is 9.71 Å². The van der Waals surface area contributed by atoms with Gasteiger partial charge in [0, 0.05) is 18.9 Å². The molecule has 3 aromatic rings. The maximum atomic E-state index is 13.2. The van der Waals surface area contributed by atoms with Crippen molar-refractivity contribution in [1.82, 2.24) is 9.71 Å². The fraction of sp³-hybridized carbons (Fsp3) is 0.227. The van der Waals surface area contributed by atoms with Crippen LogP contribution in [0.1, 0.15) is 24.5 Å². The summed E-state index contributed by atoms with van der Waals surface area (Å²) in [7, 11) is -7.95. The number of pyridine rings is 1. The topological polar surface area (TPSA) is 93.2 Å². The Morgan fingerprint density at radius 3 is 2.29 bits per heavy atom. The summed E-state index contributed by atoms with van der Waals surface area (Å²) in [5.74, 6) is -0.557. The standard InChI is InChI=1S/C22H23FN2O4S2/c1-2-4-18-6-9-21(30(26,27)20-10-7-19(23)8-11-20)15-22(18)31(28,29)25-14-12-17-5-3-13-24-16-17/h3,5-11,13,15-16,25H,2,4,12,14H2,1H3. The molecule has 2 aromatic carbocycles. The zero-order valence-corrected chi connectivity index (χ0v) is 18.6. The molecule has 0 aliphatic carbocycles. The number of hydrogen-bond donors (Lipinski definition) is 1. The minimum Gasteiger partial charge on any atom is -0.264 e. The molecule has 3 rings (SSSR count). The second kappa shape index (κ2) is 9.67. The van der Waals surface area contributed by atoms with Gasteiger partial charge in [-0.3, -0.25) is 4.98 Å². The summed E-state index contributed by atoms with van der Waals surface area (Å²) in [6.07, 6.45) is 4.92. The van der Waals surface area contributed by atoms with Crippen LogP contribution in [0.3, 0.4) is 0 Å². The van der Waals surface area contributed by atoms with E-state index in [-0.39, 0.29) is 21.2 Å². The van der Waals surface area contributed by atoms with E-state index in [9.17, 15) is 21.2 Å². The molecule has 1 heterocycles. The van der Waals surface area contributed by atoms with Crippen molar-refractivity contribution < 1.29 is 21.2 Å². The van der Waals surface area contributed by atoms with Crippen molar-refractivity contribution in [3.63, 3.8) is 0 Å². The summed E-state index contributed by atoms with van der Waals surface area (Å²) < 4.78 is 67.6. The highest BCUT2D eigenvalue weighted by molar-refractivity contribution is 7.91. The van der Waals surface area contributed by atoms with E-state index in [0.717, 1.165) is 29.8 Å². The Bertz CT molecular complexity index is 1240. The van der Waals surface area contributed by atoms with E-state index in [1.54, 1.807) is 18.5 Å². The highest BCUT2D eigenvalue weighted by Crippen LogP contribution is 2.26. The summed E-state index contributed by atoms with van der Waals surface area (Å²) in [4.78, 5) is 3.67. The summed E-state index contributed by atoms with van der Waals surface area (Å²) in [5, 5.41) is 0. The van der Waals surface area contributed by atoms with E-state index in [4.69, 9.17) is 0 Å². The molecule has 164 valence electrons. The third-order valence-electron chi connectivity index (χ3n) is 4.71. The van der Waals surface area contributed by atoms with Crippen LogP contribution in [0.15, 0.2) is 81.7 Å². The molecule has 0 unspecified atom stereocenters. The number of nitrogens with zero attached hydrogens (tertiary/aromatic N) is 1. The molecule has 0 aliphatic heterocycles. The number of hydrogen-bond acceptors (Lipinski definition) is 5. The second-order valence-corrected chi connectivity index (χ2v) is 10.7. The Balaban J connectivity index is 1.93. The SMILES string of the molecule is CCCc1ccc(S(=O)(=O)c2ccc(F)cc2)cc1S(=O)(=O)NCCc1cccnc1. The molecule has 1 N–H and O–H groups in total. The third-order valence-corrected chi connectivity index (χ3v) is 8.02. The van der Waals surface area contributed by atoms with Gasteiger partial charge in [-0.2, -0.15) is 0 Å². The molecule has 1 aromatic heterocycles. The molecule has 31 heavy (non-hydrogen) atoms. The first-order valence-corrected chi connectivity index (χ1v) is 12.7. The van der Waals surface area contributed by atoms with E-state index >= 15 is 0 Å². The Kier molecular flexibility index (Phi) is 7.19. The van der Waals surface area contributed by atoms with Crippen LogP contribution < -0.4 is 4.72 Å².